The van der Waals surface area contributed by atoms with Crippen LogP contribution >= 0.6 is 0 Å². The standard InChI is InChI=1S/C29H28N4O6/c1-36-29(9-12-34,33-28(35)20-3-2-10-31-18-20)26-16-24-27(39-26)23(6-11-32-24)19-4-5-25(21(15-19)17-30)38-22-7-13-37-14-8-22/h2-6,10-11,15-16,18,22,34H,7-9,12-14H2,1H3,(H,33,35). The van der Waals surface area contributed by atoms with Crippen molar-refractivity contribution in [1.82, 2.24) is 15.3 Å². The Morgan fingerprint density at radius 1 is 1.23 bits per heavy atom. The van der Waals surface area contributed by atoms with Gasteiger partial charge in [-0.15, -0.1) is 0 Å². The molecule has 1 unspecified atom stereocenters. The summed E-state index contributed by atoms with van der Waals surface area (Å²) in [7, 11) is 1.43. The first-order chi connectivity index (χ1) is 19.1. The zero-order chi connectivity index (χ0) is 27.2. The highest BCUT2D eigenvalue weighted by Gasteiger charge is 2.38. The van der Waals surface area contributed by atoms with Gasteiger partial charge in [-0.3, -0.25) is 14.8 Å². The number of fused-ring (bicyclic) bond motifs is 1. The number of hydrogen-bond donors (Lipinski definition) is 2. The van der Waals surface area contributed by atoms with E-state index in [2.05, 4.69) is 21.4 Å². The molecule has 1 saturated heterocycles. The Hall–Kier alpha value is -4.30. The van der Waals surface area contributed by atoms with Crippen LogP contribution < -0.4 is 10.1 Å². The molecule has 3 aromatic heterocycles. The fourth-order valence-corrected chi connectivity index (χ4v) is 4.64. The third kappa shape index (κ3) is 5.47. The summed E-state index contributed by atoms with van der Waals surface area (Å²) in [6, 6.07) is 14.4. The van der Waals surface area contributed by atoms with Crippen LogP contribution in [-0.4, -0.2) is 54.0 Å². The number of nitrogens with zero attached hydrogens (tertiary/aromatic N) is 3. The quantitative estimate of drug-likeness (QED) is 0.309. The zero-order valence-electron chi connectivity index (χ0n) is 21.4. The van der Waals surface area contributed by atoms with Crippen molar-refractivity contribution in [3.05, 3.63) is 77.9 Å². The predicted molar refractivity (Wildman–Crippen MR) is 141 cm³/mol. The molecule has 0 aliphatic carbocycles. The van der Waals surface area contributed by atoms with E-state index in [0.29, 0.717) is 46.8 Å². The number of carbonyl (C=O) groups is 1. The number of methoxy groups -OCH3 is 1. The van der Waals surface area contributed by atoms with Gasteiger partial charge in [0, 0.05) is 63.2 Å². The van der Waals surface area contributed by atoms with E-state index in [0.717, 1.165) is 18.4 Å². The molecule has 200 valence electrons. The fraction of sp³-hybridized carbons (Fsp3) is 0.310. The first kappa shape index (κ1) is 26.3. The average molecular weight is 529 g/mol. The molecular weight excluding hydrogens is 500 g/mol. The second kappa shape index (κ2) is 11.6. The van der Waals surface area contributed by atoms with Crippen molar-refractivity contribution in [3.63, 3.8) is 0 Å². The number of benzene rings is 1. The number of aliphatic hydroxyl groups is 1. The van der Waals surface area contributed by atoms with Crippen LogP contribution in [0.3, 0.4) is 0 Å². The van der Waals surface area contributed by atoms with Crippen molar-refractivity contribution in [2.24, 2.45) is 0 Å². The van der Waals surface area contributed by atoms with Gasteiger partial charge in [-0.25, -0.2) is 0 Å². The summed E-state index contributed by atoms with van der Waals surface area (Å²) in [5, 5.41) is 22.5. The van der Waals surface area contributed by atoms with Crippen LogP contribution in [0, 0.1) is 11.3 Å². The summed E-state index contributed by atoms with van der Waals surface area (Å²) < 4.78 is 23.5. The summed E-state index contributed by atoms with van der Waals surface area (Å²) >= 11 is 0. The topological polar surface area (TPSA) is 140 Å². The number of furan rings is 1. The van der Waals surface area contributed by atoms with Gasteiger partial charge in [0.15, 0.2) is 11.3 Å². The lowest BCUT2D eigenvalue weighted by atomic mass is 10.0. The smallest absolute Gasteiger partial charge is 0.255 e. The van der Waals surface area contributed by atoms with Gasteiger partial charge in [0.1, 0.15) is 23.4 Å². The molecule has 0 saturated carbocycles. The monoisotopic (exact) mass is 528 g/mol. The van der Waals surface area contributed by atoms with Gasteiger partial charge in [0.2, 0.25) is 5.72 Å². The molecule has 4 heterocycles. The molecule has 1 aliphatic rings. The molecule has 0 radical (unpaired) electrons. The van der Waals surface area contributed by atoms with Crippen LogP contribution in [0.2, 0.25) is 0 Å². The number of carbonyl (C=O) groups excluding carboxylic acids is 1. The van der Waals surface area contributed by atoms with Crippen molar-refractivity contribution < 1.29 is 28.5 Å². The van der Waals surface area contributed by atoms with Gasteiger partial charge in [-0.05, 0) is 35.9 Å². The Bertz CT molecular complexity index is 1490. The van der Waals surface area contributed by atoms with Gasteiger partial charge >= 0.3 is 0 Å². The Labute approximate surface area is 225 Å². The summed E-state index contributed by atoms with van der Waals surface area (Å²) in [5.41, 5.74) is 1.70. The van der Waals surface area contributed by atoms with E-state index in [4.69, 9.17) is 18.6 Å². The summed E-state index contributed by atoms with van der Waals surface area (Å²) in [6.07, 6.45) is 6.24. The molecule has 0 bridgehead atoms. The number of nitrogens with one attached hydrogen (secondary N) is 1. The molecule has 1 amide bonds. The number of aliphatic hydroxyl groups excluding tert-OH is 1. The molecule has 5 rings (SSSR count). The van der Waals surface area contributed by atoms with Crippen LogP contribution in [0.4, 0.5) is 0 Å². The average Bonchev–Trinajstić information content (AvgIpc) is 3.43. The highest BCUT2D eigenvalue weighted by Crippen LogP contribution is 2.37. The molecule has 1 atom stereocenters. The normalized spacial score (nSPS) is 15.4. The van der Waals surface area contributed by atoms with Crippen molar-refractivity contribution in [2.45, 2.75) is 31.1 Å². The van der Waals surface area contributed by atoms with Crippen molar-refractivity contribution >= 4 is 17.0 Å². The minimum Gasteiger partial charge on any atom is -0.489 e. The second-order valence-electron chi connectivity index (χ2n) is 9.14. The Morgan fingerprint density at radius 3 is 2.79 bits per heavy atom. The fourth-order valence-electron chi connectivity index (χ4n) is 4.64. The Kier molecular flexibility index (Phi) is 7.84. The van der Waals surface area contributed by atoms with Crippen molar-refractivity contribution in [3.8, 4) is 22.9 Å². The molecule has 2 N–H and O–H groups in total. The largest absolute Gasteiger partial charge is 0.489 e. The molecular formula is C29H28N4O6. The maximum Gasteiger partial charge on any atom is 0.255 e. The lowest BCUT2D eigenvalue weighted by Crippen LogP contribution is -2.48. The van der Waals surface area contributed by atoms with Crippen LogP contribution in [0.25, 0.3) is 22.2 Å². The van der Waals surface area contributed by atoms with Crippen LogP contribution in [0.1, 0.15) is 40.9 Å². The molecule has 1 fully saturated rings. The van der Waals surface area contributed by atoms with E-state index in [1.165, 1.54) is 13.3 Å². The van der Waals surface area contributed by atoms with E-state index in [9.17, 15) is 15.2 Å². The summed E-state index contributed by atoms with van der Waals surface area (Å²) in [5.74, 6) is 0.357. The molecule has 39 heavy (non-hydrogen) atoms. The third-order valence-electron chi connectivity index (χ3n) is 6.73. The lowest BCUT2D eigenvalue weighted by molar-refractivity contribution is -0.0681. The van der Waals surface area contributed by atoms with E-state index in [1.54, 1.807) is 48.8 Å². The molecule has 10 nitrogen and oxygen atoms in total. The van der Waals surface area contributed by atoms with Crippen molar-refractivity contribution in [1.29, 1.82) is 5.26 Å². The Morgan fingerprint density at radius 2 is 2.08 bits per heavy atom. The highest BCUT2D eigenvalue weighted by molar-refractivity contribution is 5.94. The molecule has 1 aromatic carbocycles. The first-order valence-electron chi connectivity index (χ1n) is 12.6. The SMILES string of the molecule is COC(CCO)(NC(=O)c1cccnc1)c1cc2nccc(-c3ccc(OC4CCOCC4)c(C#N)c3)c2o1. The number of ether oxygens (including phenoxy) is 3. The maximum atomic E-state index is 13.0. The zero-order valence-corrected chi connectivity index (χ0v) is 21.4. The van der Waals surface area contributed by atoms with Gasteiger partial charge < -0.3 is 29.1 Å². The van der Waals surface area contributed by atoms with E-state index < -0.39 is 11.6 Å². The maximum absolute atomic E-state index is 13.0. The molecule has 1 aliphatic heterocycles. The van der Waals surface area contributed by atoms with E-state index >= 15 is 0 Å². The summed E-state index contributed by atoms with van der Waals surface area (Å²) in [6.45, 7) is 1.00. The summed E-state index contributed by atoms with van der Waals surface area (Å²) in [4.78, 5) is 21.4. The Balaban J connectivity index is 1.50. The number of pyridine rings is 2. The number of rotatable bonds is 9. The van der Waals surface area contributed by atoms with E-state index in [1.807, 2.05) is 6.07 Å². The van der Waals surface area contributed by atoms with E-state index in [-0.39, 0.29) is 24.9 Å². The van der Waals surface area contributed by atoms with Gasteiger partial charge in [0.05, 0.1) is 24.3 Å². The molecule has 4 aromatic rings. The minimum atomic E-state index is -1.46. The van der Waals surface area contributed by atoms with Gasteiger partial charge in [-0.2, -0.15) is 5.26 Å². The number of aromatic nitrogens is 2. The van der Waals surface area contributed by atoms with Crippen LogP contribution in [0.15, 0.2) is 65.5 Å². The number of nitriles is 1. The lowest BCUT2D eigenvalue weighted by Gasteiger charge is -2.30. The van der Waals surface area contributed by atoms with Crippen molar-refractivity contribution in [2.75, 3.05) is 26.9 Å². The first-order valence-corrected chi connectivity index (χ1v) is 12.6. The van der Waals surface area contributed by atoms with Crippen LogP contribution in [-0.2, 0) is 15.2 Å². The third-order valence-corrected chi connectivity index (χ3v) is 6.73. The van der Waals surface area contributed by atoms with Crippen LogP contribution in [0.5, 0.6) is 5.75 Å². The molecule has 0 spiro atoms. The highest BCUT2D eigenvalue weighted by atomic mass is 16.5. The minimum absolute atomic E-state index is 0.00698. The molecule has 10 heteroatoms. The number of hydrogen-bond acceptors (Lipinski definition) is 9. The predicted octanol–water partition coefficient (Wildman–Crippen LogP) is 3.93. The van der Waals surface area contributed by atoms with Gasteiger partial charge in [0.25, 0.3) is 5.91 Å². The number of amides is 1. The second-order valence-corrected chi connectivity index (χ2v) is 9.14. The van der Waals surface area contributed by atoms with Gasteiger partial charge in [-0.1, -0.05) is 6.07 Å².